The maximum atomic E-state index is 13.9. The average molecular weight is 815 g/mol. The van der Waals surface area contributed by atoms with Crippen molar-refractivity contribution < 1.29 is 28.9 Å². The van der Waals surface area contributed by atoms with Crippen LogP contribution in [0, 0.1) is 24.9 Å². The Kier molecular flexibility index (Phi) is 8.95. The molecule has 0 spiro atoms. The zero-order valence-corrected chi connectivity index (χ0v) is 28.7. The predicted octanol–water partition coefficient (Wildman–Crippen LogP) is 10.4. The molecule has 9 aromatic rings. The number of aryl methyl sites for hydroxylation is 1. The van der Waals surface area contributed by atoms with Crippen LogP contribution in [0.3, 0.4) is 0 Å². The molecular weight excluding hydrogens is 788 g/mol. The monoisotopic (exact) mass is 815 g/mol. The first kappa shape index (κ1) is 31.8. The van der Waals surface area contributed by atoms with Gasteiger partial charge in [0.15, 0.2) is 0 Å². The van der Waals surface area contributed by atoms with Crippen LogP contribution in [0.1, 0.15) is 5.69 Å². The van der Waals surface area contributed by atoms with Crippen molar-refractivity contribution in [2.75, 3.05) is 0 Å². The molecule has 1 radical (unpaired) electrons. The number of halogens is 1. The number of hydrogen-bond acceptors (Lipinski definition) is 4. The Morgan fingerprint density at radius 3 is 2.22 bits per heavy atom. The van der Waals surface area contributed by atoms with E-state index >= 15 is 0 Å². The maximum absolute atomic E-state index is 13.9. The maximum Gasteiger partial charge on any atom is 0.126 e. The summed E-state index contributed by atoms with van der Waals surface area (Å²) in [6.07, 6.45) is 1.79. The van der Waals surface area contributed by atoms with Gasteiger partial charge in [-0.3, -0.25) is 9.97 Å². The van der Waals surface area contributed by atoms with E-state index in [0.29, 0.717) is 22.6 Å². The van der Waals surface area contributed by atoms with Crippen LogP contribution in [0.25, 0.3) is 72.6 Å². The quantitative estimate of drug-likeness (QED) is 0.166. The zero-order chi connectivity index (χ0) is 32.5. The number of nitrogens with zero attached hydrogens (tertiary/aromatic N) is 4. The van der Waals surface area contributed by atoms with E-state index in [2.05, 4.69) is 21.7 Å². The van der Waals surface area contributed by atoms with Gasteiger partial charge >= 0.3 is 0 Å². The minimum Gasteiger partial charge on any atom is -0.500 e. The third kappa shape index (κ3) is 6.18. The summed E-state index contributed by atoms with van der Waals surface area (Å²) < 4.78 is 22.2. The van der Waals surface area contributed by atoms with Crippen molar-refractivity contribution in [1.82, 2.24) is 19.5 Å². The van der Waals surface area contributed by atoms with Crippen molar-refractivity contribution in [3.8, 4) is 39.6 Å². The van der Waals surface area contributed by atoms with Gasteiger partial charge in [0.05, 0.1) is 33.8 Å². The first-order chi connectivity index (χ1) is 23.6. The van der Waals surface area contributed by atoms with Gasteiger partial charge < -0.3 is 14.0 Å². The van der Waals surface area contributed by atoms with E-state index in [1.54, 1.807) is 12.3 Å². The minimum atomic E-state index is -0.334. The molecule has 0 bridgehead atoms. The molecule has 5 aromatic carbocycles. The molecule has 0 fully saturated rings. The molecule has 0 aliphatic carbocycles. The largest absolute Gasteiger partial charge is 0.500 e. The molecule has 49 heavy (non-hydrogen) atoms. The molecule has 0 amide bonds. The van der Waals surface area contributed by atoms with Gasteiger partial charge in [-0.15, -0.1) is 54.1 Å². The van der Waals surface area contributed by atoms with Crippen LogP contribution in [0.15, 0.2) is 150 Å². The smallest absolute Gasteiger partial charge is 0.126 e. The van der Waals surface area contributed by atoms with Crippen LogP contribution in [0.4, 0.5) is 4.39 Å². The topological polar surface area (TPSA) is 56.7 Å². The number of imidazole rings is 1. The number of para-hydroxylation sites is 1. The van der Waals surface area contributed by atoms with E-state index in [1.807, 2.05) is 128 Å². The van der Waals surface area contributed by atoms with Gasteiger partial charge in [0.2, 0.25) is 0 Å². The summed E-state index contributed by atoms with van der Waals surface area (Å²) in [7, 11) is 0. The van der Waals surface area contributed by atoms with Gasteiger partial charge in [0.1, 0.15) is 11.4 Å². The second-order valence-electron chi connectivity index (χ2n) is 11.3. The number of hydrogen-bond donors (Lipinski definition) is 0. The fourth-order valence-electron chi connectivity index (χ4n) is 5.99. The summed E-state index contributed by atoms with van der Waals surface area (Å²) in [5.41, 5.74) is 9.32. The zero-order valence-electron chi connectivity index (χ0n) is 26.3. The first-order valence-electron chi connectivity index (χ1n) is 15.6. The van der Waals surface area contributed by atoms with Gasteiger partial charge in [0, 0.05) is 49.0 Å². The number of furan rings is 1. The molecular formula is C42H27FIrN4O-2. The summed E-state index contributed by atoms with van der Waals surface area (Å²) in [5, 5.41) is 1.75. The van der Waals surface area contributed by atoms with Gasteiger partial charge in [0.25, 0.3) is 0 Å². The Bertz CT molecular complexity index is 2480. The van der Waals surface area contributed by atoms with Gasteiger partial charge in [-0.05, 0) is 49.0 Å². The van der Waals surface area contributed by atoms with E-state index in [-0.39, 0.29) is 25.9 Å². The van der Waals surface area contributed by atoms with Crippen molar-refractivity contribution in [2.24, 2.45) is 0 Å². The van der Waals surface area contributed by atoms with Crippen molar-refractivity contribution >= 4 is 33.0 Å². The predicted molar refractivity (Wildman–Crippen MR) is 189 cm³/mol. The molecule has 7 heteroatoms. The fraction of sp³-hybridized carbons (Fsp3) is 0.0238. The molecule has 0 unspecified atom stereocenters. The number of rotatable bonds is 4. The summed E-state index contributed by atoms with van der Waals surface area (Å²) in [6, 6.07) is 50.8. The van der Waals surface area contributed by atoms with E-state index in [1.165, 1.54) is 12.1 Å². The second-order valence-corrected chi connectivity index (χ2v) is 11.3. The standard InChI is InChI=1S/C31H19FN3O.C11H8N.Ir/c1-19-29-27(18-26(33-19)20-9-4-2-5-10-20)34-31(35(29)22-11-6-3-7-12-22)25-14-8-13-24-23-16-15-21(32)17-28(23)36-30(24)25;1-2-6-10(7-3-1)11-8-4-5-9-12-11;/h2-13,15-18H,1H3;1-6,8-9H;/q2*-1;. The summed E-state index contributed by atoms with van der Waals surface area (Å²) in [4.78, 5) is 14.3. The number of aromatic nitrogens is 4. The molecule has 9 rings (SSSR count). The molecule has 0 atom stereocenters. The Morgan fingerprint density at radius 1 is 0.694 bits per heavy atom. The van der Waals surface area contributed by atoms with E-state index < -0.39 is 0 Å². The Hall–Kier alpha value is -5.75. The number of fused-ring (bicyclic) bond motifs is 4. The first-order valence-corrected chi connectivity index (χ1v) is 15.6. The van der Waals surface area contributed by atoms with Crippen molar-refractivity contribution in [2.45, 2.75) is 6.92 Å². The molecule has 0 N–H and O–H groups in total. The normalized spacial score (nSPS) is 10.9. The Balaban J connectivity index is 0.000000246. The van der Waals surface area contributed by atoms with Crippen LogP contribution in [0.5, 0.6) is 0 Å². The summed E-state index contributed by atoms with van der Waals surface area (Å²) in [5.74, 6) is 0.357. The molecule has 0 saturated heterocycles. The van der Waals surface area contributed by atoms with Crippen LogP contribution in [-0.4, -0.2) is 19.5 Å². The summed E-state index contributed by atoms with van der Waals surface area (Å²) in [6.45, 7) is 2.01. The molecule has 239 valence electrons. The third-order valence-electron chi connectivity index (χ3n) is 8.16. The molecule has 5 nitrogen and oxygen atoms in total. The molecule has 0 aliphatic rings. The van der Waals surface area contributed by atoms with Gasteiger partial charge in [-0.2, -0.15) is 0 Å². The second kappa shape index (κ2) is 13.8. The van der Waals surface area contributed by atoms with Crippen molar-refractivity contribution in [3.63, 3.8) is 0 Å². The van der Waals surface area contributed by atoms with Crippen LogP contribution in [-0.2, 0) is 20.1 Å². The molecule has 0 aliphatic heterocycles. The summed E-state index contributed by atoms with van der Waals surface area (Å²) >= 11 is 0. The Morgan fingerprint density at radius 2 is 1.47 bits per heavy atom. The van der Waals surface area contributed by atoms with Gasteiger partial charge in [-0.25, -0.2) is 4.39 Å². The van der Waals surface area contributed by atoms with E-state index in [0.717, 1.165) is 55.7 Å². The Labute approximate surface area is 296 Å². The fourth-order valence-corrected chi connectivity index (χ4v) is 5.99. The number of benzene rings is 5. The third-order valence-corrected chi connectivity index (χ3v) is 8.16. The molecule has 0 saturated carbocycles. The minimum absolute atomic E-state index is 0. The average Bonchev–Trinajstić information content (AvgIpc) is 3.72. The van der Waals surface area contributed by atoms with E-state index in [9.17, 15) is 4.39 Å². The van der Waals surface area contributed by atoms with Crippen LogP contribution < -0.4 is 0 Å². The van der Waals surface area contributed by atoms with Gasteiger partial charge in [-0.1, -0.05) is 71.6 Å². The van der Waals surface area contributed by atoms with Crippen molar-refractivity contribution in [3.05, 3.63) is 169 Å². The molecule has 4 heterocycles. The van der Waals surface area contributed by atoms with Crippen LogP contribution in [0.2, 0.25) is 0 Å². The van der Waals surface area contributed by atoms with E-state index in [4.69, 9.17) is 14.4 Å². The number of pyridine rings is 2. The van der Waals surface area contributed by atoms with Crippen molar-refractivity contribution in [1.29, 1.82) is 0 Å². The molecule has 4 aromatic heterocycles. The van der Waals surface area contributed by atoms with Crippen LogP contribution >= 0.6 is 0 Å². The SMILES string of the molecule is Cc1nc(-c2ccccc2)cc2nc(-c3[c-]ccc4c3oc3cc(F)ccc34)n(-c3ccccc3)c12.[Ir].[c-]1ccccc1-c1ccccn1.